The second-order valence-electron chi connectivity index (χ2n) is 4.40. The van der Waals surface area contributed by atoms with Crippen LogP contribution in [0.3, 0.4) is 0 Å². The van der Waals surface area contributed by atoms with Gasteiger partial charge in [-0.3, -0.25) is 0 Å². The Morgan fingerprint density at radius 1 is 1.12 bits per heavy atom. The summed E-state index contributed by atoms with van der Waals surface area (Å²) in [4.78, 5) is 0. The third kappa shape index (κ3) is 2.79. The van der Waals surface area contributed by atoms with E-state index in [4.69, 9.17) is 0 Å². The topological polar surface area (TPSA) is 12.0 Å². The van der Waals surface area contributed by atoms with Crippen LogP contribution in [0.5, 0.6) is 0 Å². The van der Waals surface area contributed by atoms with Crippen LogP contribution < -0.4 is 5.32 Å². The van der Waals surface area contributed by atoms with Crippen molar-refractivity contribution in [2.45, 2.75) is 38.1 Å². The number of nitrogens with one attached hydrogen (secondary N) is 1. The van der Waals surface area contributed by atoms with Crippen LogP contribution in [0, 0.1) is 11.6 Å². The molecule has 1 N–H and O–H groups in total. The molecule has 0 aromatic heterocycles. The third-order valence-electron chi connectivity index (χ3n) is 3.17. The predicted molar refractivity (Wildman–Crippen MR) is 60.3 cm³/mol. The fourth-order valence-corrected chi connectivity index (χ4v) is 2.25. The van der Waals surface area contributed by atoms with Gasteiger partial charge in [0.2, 0.25) is 0 Å². The molecule has 0 aliphatic carbocycles. The van der Waals surface area contributed by atoms with Crippen LogP contribution in [0.2, 0.25) is 0 Å². The standard InChI is InChI=1S/C13H17F2N/c14-12-6-4-7-13(15)11(12)9-10-5-2-1-3-8-16-10/h4,6-7,10,16H,1-3,5,8-9H2. The second-order valence-corrected chi connectivity index (χ2v) is 4.40. The lowest BCUT2D eigenvalue weighted by Crippen LogP contribution is -2.30. The van der Waals surface area contributed by atoms with Gasteiger partial charge < -0.3 is 5.32 Å². The molecule has 1 aliphatic heterocycles. The van der Waals surface area contributed by atoms with Gasteiger partial charge in [0.05, 0.1) is 0 Å². The minimum atomic E-state index is -0.425. The number of rotatable bonds is 2. The fraction of sp³-hybridized carbons (Fsp3) is 0.538. The maximum atomic E-state index is 13.4. The third-order valence-corrected chi connectivity index (χ3v) is 3.17. The molecule has 1 unspecified atom stereocenters. The molecule has 88 valence electrons. The molecule has 1 aliphatic rings. The van der Waals surface area contributed by atoms with E-state index in [0.717, 1.165) is 25.8 Å². The monoisotopic (exact) mass is 225 g/mol. The van der Waals surface area contributed by atoms with Crippen molar-refractivity contribution in [1.29, 1.82) is 0 Å². The Labute approximate surface area is 94.9 Å². The van der Waals surface area contributed by atoms with Gasteiger partial charge in [-0.05, 0) is 37.9 Å². The zero-order valence-electron chi connectivity index (χ0n) is 9.31. The lowest BCUT2D eigenvalue weighted by Gasteiger charge is -2.16. The molecule has 0 radical (unpaired) electrons. The quantitative estimate of drug-likeness (QED) is 0.815. The van der Waals surface area contributed by atoms with E-state index in [0.29, 0.717) is 6.42 Å². The highest BCUT2D eigenvalue weighted by Gasteiger charge is 2.16. The first kappa shape index (κ1) is 11.5. The van der Waals surface area contributed by atoms with Crippen LogP contribution in [0.15, 0.2) is 18.2 Å². The smallest absolute Gasteiger partial charge is 0.129 e. The van der Waals surface area contributed by atoms with Crippen LogP contribution in [-0.4, -0.2) is 12.6 Å². The van der Waals surface area contributed by atoms with Crippen LogP contribution in [0.25, 0.3) is 0 Å². The van der Waals surface area contributed by atoms with Gasteiger partial charge in [-0.15, -0.1) is 0 Å². The molecule has 1 fully saturated rings. The van der Waals surface area contributed by atoms with E-state index in [1.165, 1.54) is 24.6 Å². The highest BCUT2D eigenvalue weighted by Crippen LogP contribution is 2.18. The maximum absolute atomic E-state index is 13.4. The number of benzene rings is 1. The molecule has 0 amide bonds. The molecule has 1 nitrogen and oxygen atoms in total. The largest absolute Gasteiger partial charge is 0.314 e. The molecular formula is C13H17F2N. The molecule has 1 heterocycles. The molecule has 1 saturated heterocycles. The van der Waals surface area contributed by atoms with Gasteiger partial charge in [0.15, 0.2) is 0 Å². The Bertz CT molecular complexity index is 324. The molecule has 0 bridgehead atoms. The van der Waals surface area contributed by atoms with Gasteiger partial charge in [-0.2, -0.15) is 0 Å². The fourth-order valence-electron chi connectivity index (χ4n) is 2.25. The van der Waals surface area contributed by atoms with Crippen molar-refractivity contribution in [3.05, 3.63) is 35.4 Å². The van der Waals surface area contributed by atoms with E-state index in [9.17, 15) is 8.78 Å². The summed E-state index contributed by atoms with van der Waals surface area (Å²) in [5.74, 6) is -0.850. The summed E-state index contributed by atoms with van der Waals surface area (Å²) in [6, 6.07) is 4.28. The average Bonchev–Trinajstić information content (AvgIpc) is 2.52. The first-order chi connectivity index (χ1) is 7.77. The predicted octanol–water partition coefficient (Wildman–Crippen LogP) is 3.04. The van der Waals surface area contributed by atoms with E-state index in [2.05, 4.69) is 5.32 Å². The molecule has 0 saturated carbocycles. The summed E-state index contributed by atoms with van der Waals surface area (Å²) >= 11 is 0. The molecule has 3 heteroatoms. The van der Waals surface area contributed by atoms with Gasteiger partial charge in [0, 0.05) is 11.6 Å². The summed E-state index contributed by atoms with van der Waals surface area (Å²) in [6.07, 6.45) is 4.99. The molecular weight excluding hydrogens is 208 g/mol. The highest BCUT2D eigenvalue weighted by atomic mass is 19.1. The average molecular weight is 225 g/mol. The normalized spacial score (nSPS) is 21.8. The van der Waals surface area contributed by atoms with Crippen molar-refractivity contribution in [2.75, 3.05) is 6.54 Å². The van der Waals surface area contributed by atoms with Gasteiger partial charge in [-0.25, -0.2) is 8.78 Å². The summed E-state index contributed by atoms with van der Waals surface area (Å²) in [6.45, 7) is 0.959. The Kier molecular flexibility index (Phi) is 3.88. The summed E-state index contributed by atoms with van der Waals surface area (Å²) < 4.78 is 26.9. The van der Waals surface area contributed by atoms with Crippen molar-refractivity contribution in [3.63, 3.8) is 0 Å². The van der Waals surface area contributed by atoms with Crippen LogP contribution in [0.4, 0.5) is 8.78 Å². The van der Waals surface area contributed by atoms with Crippen LogP contribution in [0.1, 0.15) is 31.2 Å². The molecule has 1 aromatic rings. The van der Waals surface area contributed by atoms with E-state index in [-0.39, 0.29) is 11.6 Å². The van der Waals surface area contributed by atoms with Crippen molar-refractivity contribution >= 4 is 0 Å². The molecule has 1 aromatic carbocycles. The van der Waals surface area contributed by atoms with Crippen molar-refractivity contribution in [2.24, 2.45) is 0 Å². The zero-order chi connectivity index (χ0) is 11.4. The van der Waals surface area contributed by atoms with Gasteiger partial charge >= 0.3 is 0 Å². The van der Waals surface area contributed by atoms with Crippen LogP contribution in [-0.2, 0) is 6.42 Å². The second kappa shape index (κ2) is 5.39. The van der Waals surface area contributed by atoms with E-state index < -0.39 is 11.6 Å². The molecule has 0 spiro atoms. The Hall–Kier alpha value is -0.960. The lowest BCUT2D eigenvalue weighted by atomic mass is 10.0. The highest BCUT2D eigenvalue weighted by molar-refractivity contribution is 5.20. The summed E-state index contributed by atoms with van der Waals surface area (Å²) in [5.41, 5.74) is 0.224. The maximum Gasteiger partial charge on any atom is 0.129 e. The number of halogens is 2. The molecule has 1 atom stereocenters. The van der Waals surface area contributed by atoms with Gasteiger partial charge in [-0.1, -0.05) is 18.9 Å². The van der Waals surface area contributed by atoms with E-state index in [1.807, 2.05) is 0 Å². The summed E-state index contributed by atoms with van der Waals surface area (Å²) in [5, 5.41) is 3.35. The number of hydrogen-bond donors (Lipinski definition) is 1. The van der Waals surface area contributed by atoms with Crippen molar-refractivity contribution in [3.8, 4) is 0 Å². The van der Waals surface area contributed by atoms with E-state index in [1.54, 1.807) is 0 Å². The van der Waals surface area contributed by atoms with Crippen LogP contribution >= 0.6 is 0 Å². The molecule has 2 rings (SSSR count). The molecule has 16 heavy (non-hydrogen) atoms. The number of hydrogen-bond acceptors (Lipinski definition) is 1. The summed E-state index contributed by atoms with van der Waals surface area (Å²) in [7, 11) is 0. The minimum absolute atomic E-state index is 0.217. The van der Waals surface area contributed by atoms with Crippen molar-refractivity contribution in [1.82, 2.24) is 5.32 Å². The Morgan fingerprint density at radius 3 is 2.62 bits per heavy atom. The van der Waals surface area contributed by atoms with Gasteiger partial charge in [0.25, 0.3) is 0 Å². The zero-order valence-corrected chi connectivity index (χ0v) is 9.31. The van der Waals surface area contributed by atoms with Crippen molar-refractivity contribution < 1.29 is 8.78 Å². The lowest BCUT2D eigenvalue weighted by molar-refractivity contribution is 0.475. The Morgan fingerprint density at radius 2 is 1.88 bits per heavy atom. The minimum Gasteiger partial charge on any atom is -0.314 e. The Balaban J connectivity index is 2.07. The first-order valence-electron chi connectivity index (χ1n) is 5.93. The SMILES string of the molecule is Fc1cccc(F)c1CC1CCCCCN1. The van der Waals surface area contributed by atoms with E-state index >= 15 is 0 Å². The first-order valence-corrected chi connectivity index (χ1v) is 5.93. The van der Waals surface area contributed by atoms with Gasteiger partial charge in [0.1, 0.15) is 11.6 Å².